The Balaban J connectivity index is 1.95. The third-order valence-electron chi connectivity index (χ3n) is 4.60. The van der Waals surface area contributed by atoms with Gasteiger partial charge in [0.15, 0.2) is 0 Å². The second-order valence-corrected chi connectivity index (χ2v) is 13.6. The molecule has 21 heavy (non-hydrogen) atoms. The van der Waals surface area contributed by atoms with Crippen LogP contribution in [0.2, 0.25) is 13.1 Å². The normalized spacial score (nSPS) is 18.0. The zero-order chi connectivity index (χ0) is 15.5. The Morgan fingerprint density at radius 3 is 2.05 bits per heavy atom. The predicted octanol–water partition coefficient (Wildman–Crippen LogP) is 4.80. The highest BCUT2D eigenvalue weighted by Gasteiger charge is 2.25. The number of piperidine rings is 1. The molecule has 0 amide bonds. The Hall–Kier alpha value is -0.603. The van der Waals surface area contributed by atoms with Crippen molar-refractivity contribution in [1.29, 1.82) is 0 Å². The molecule has 1 fully saturated rings. The molecule has 1 aliphatic heterocycles. The summed E-state index contributed by atoms with van der Waals surface area (Å²) in [4.78, 5) is 2.72. The molecule has 2 rings (SSSR count). The second kappa shape index (κ2) is 6.66. The van der Waals surface area contributed by atoms with E-state index in [2.05, 4.69) is 63.0 Å². The zero-order valence-corrected chi connectivity index (χ0v) is 15.7. The van der Waals surface area contributed by atoms with Gasteiger partial charge in [-0.25, -0.2) is 0 Å². The predicted molar refractivity (Wildman–Crippen MR) is 96.6 cm³/mol. The van der Waals surface area contributed by atoms with E-state index in [1.807, 2.05) is 0 Å². The van der Waals surface area contributed by atoms with Crippen molar-refractivity contribution in [2.75, 3.05) is 19.3 Å². The van der Waals surface area contributed by atoms with E-state index in [0.29, 0.717) is 0 Å². The van der Waals surface area contributed by atoms with Crippen LogP contribution in [0.4, 0.5) is 0 Å². The zero-order valence-electron chi connectivity index (χ0n) is 14.7. The molecule has 0 saturated carbocycles. The van der Waals surface area contributed by atoms with Crippen LogP contribution in [0.15, 0.2) is 24.3 Å². The number of hydrogen-bond donors (Lipinski definition) is 0. The van der Waals surface area contributed by atoms with Gasteiger partial charge in [0.2, 0.25) is 0 Å². The van der Waals surface area contributed by atoms with Gasteiger partial charge in [-0.15, -0.1) is 0 Å². The molecule has 0 aromatic heterocycles. The summed E-state index contributed by atoms with van der Waals surface area (Å²) in [5.41, 5.74) is 3.25. The van der Waals surface area contributed by atoms with Crippen molar-refractivity contribution in [3.05, 3.63) is 35.4 Å². The van der Waals surface area contributed by atoms with E-state index in [1.165, 1.54) is 55.7 Å². The van der Waals surface area contributed by atoms with E-state index in [-0.39, 0.29) is 5.41 Å². The number of nitrogens with zero attached hydrogens (tertiary/aromatic N) is 1. The molecule has 1 heterocycles. The fourth-order valence-electron chi connectivity index (χ4n) is 3.45. The first-order valence-electron chi connectivity index (χ1n) is 8.58. The smallest absolute Gasteiger partial charge is 0.0672 e. The first-order valence-corrected chi connectivity index (χ1v) is 12.0. The summed E-state index contributed by atoms with van der Waals surface area (Å²) >= 11 is 0. The summed E-state index contributed by atoms with van der Waals surface area (Å²) in [5, 5.41) is 0. The first kappa shape index (κ1) is 16.8. The largest absolute Gasteiger partial charge is 0.306 e. The highest BCUT2D eigenvalue weighted by atomic mass is 28.3. The van der Waals surface area contributed by atoms with Gasteiger partial charge in [-0.2, -0.15) is 0 Å². The molecule has 1 aliphatic rings. The molecule has 1 aromatic rings. The molecule has 1 saturated heterocycles. The van der Waals surface area contributed by atoms with Crippen molar-refractivity contribution in [1.82, 2.24) is 4.90 Å². The summed E-state index contributed by atoms with van der Waals surface area (Å²) in [5.74, 6) is 0. The number of likely N-dealkylation sites (tertiary alicyclic amines) is 1. The van der Waals surface area contributed by atoms with Crippen molar-refractivity contribution < 1.29 is 0 Å². The van der Waals surface area contributed by atoms with Gasteiger partial charge in [-0.05, 0) is 49.1 Å². The van der Waals surface area contributed by atoms with Gasteiger partial charge in [-0.1, -0.05) is 70.1 Å². The van der Waals surface area contributed by atoms with Gasteiger partial charge in [0.1, 0.15) is 0 Å². The fraction of sp³-hybridized carbons (Fsp3) is 0.684. The number of hydrogen-bond acceptors (Lipinski definition) is 1. The molecule has 0 unspecified atom stereocenters. The third kappa shape index (κ3) is 5.26. The minimum absolute atomic E-state index is 0.263. The lowest BCUT2D eigenvalue weighted by atomic mass is 9.87. The summed E-state index contributed by atoms with van der Waals surface area (Å²) in [7, 11) is -1.17. The molecular weight excluding hydrogens is 270 g/mol. The maximum absolute atomic E-state index is 2.72. The van der Waals surface area contributed by atoms with Crippen molar-refractivity contribution in [2.24, 2.45) is 0 Å². The Morgan fingerprint density at radius 1 is 0.952 bits per heavy atom. The van der Waals surface area contributed by atoms with E-state index in [4.69, 9.17) is 0 Å². The summed E-state index contributed by atoms with van der Waals surface area (Å²) in [6.45, 7) is 14.6. The minimum Gasteiger partial charge on any atom is -0.306 e. The van der Waals surface area contributed by atoms with Gasteiger partial charge >= 0.3 is 0 Å². The average Bonchev–Trinajstić information content (AvgIpc) is 2.38. The molecule has 0 bridgehead atoms. The van der Waals surface area contributed by atoms with Crippen LogP contribution in [-0.2, 0) is 11.5 Å². The van der Waals surface area contributed by atoms with Gasteiger partial charge < -0.3 is 4.90 Å². The Morgan fingerprint density at radius 2 is 1.52 bits per heavy atom. The fourth-order valence-corrected chi connectivity index (χ4v) is 6.43. The highest BCUT2D eigenvalue weighted by Crippen LogP contribution is 2.23. The SMILES string of the molecule is CC(C)(C)c1ccc(C[Si](C)(C)CN2CCCCC2)cc1. The maximum atomic E-state index is 2.72. The van der Waals surface area contributed by atoms with Crippen LogP contribution in [0.5, 0.6) is 0 Å². The van der Waals surface area contributed by atoms with Crippen molar-refractivity contribution >= 4 is 8.07 Å². The van der Waals surface area contributed by atoms with Crippen LogP contribution in [0, 0.1) is 0 Å². The minimum atomic E-state index is -1.17. The Labute approximate surface area is 132 Å². The molecule has 0 spiro atoms. The summed E-state index contributed by atoms with van der Waals surface area (Å²) < 4.78 is 0. The van der Waals surface area contributed by atoms with Crippen molar-refractivity contribution in [3.8, 4) is 0 Å². The topological polar surface area (TPSA) is 3.24 Å². The van der Waals surface area contributed by atoms with Gasteiger partial charge in [0.05, 0.1) is 8.07 Å². The van der Waals surface area contributed by atoms with Crippen LogP contribution in [-0.4, -0.2) is 32.2 Å². The monoisotopic (exact) mass is 303 g/mol. The summed E-state index contributed by atoms with van der Waals surface area (Å²) in [6, 6.07) is 10.7. The van der Waals surface area contributed by atoms with Crippen LogP contribution in [0.1, 0.15) is 51.2 Å². The van der Waals surface area contributed by atoms with Crippen LogP contribution in [0.3, 0.4) is 0 Å². The summed E-state index contributed by atoms with van der Waals surface area (Å²) in [6.07, 6.45) is 5.62. The number of benzene rings is 1. The van der Waals surface area contributed by atoms with E-state index in [9.17, 15) is 0 Å². The average molecular weight is 304 g/mol. The van der Waals surface area contributed by atoms with Gasteiger partial charge in [0.25, 0.3) is 0 Å². The van der Waals surface area contributed by atoms with Crippen LogP contribution < -0.4 is 0 Å². The van der Waals surface area contributed by atoms with E-state index in [0.717, 1.165) is 0 Å². The van der Waals surface area contributed by atoms with Crippen molar-refractivity contribution in [2.45, 2.75) is 64.6 Å². The van der Waals surface area contributed by atoms with Gasteiger partial charge in [0, 0.05) is 0 Å². The standard InChI is InChI=1S/C19H33NSi/c1-19(2,3)18-11-9-17(10-12-18)15-21(4,5)16-20-13-7-6-8-14-20/h9-12H,6-8,13-16H2,1-5H3. The molecule has 2 heteroatoms. The molecule has 0 aliphatic carbocycles. The third-order valence-corrected chi connectivity index (χ3v) is 7.27. The molecule has 0 atom stereocenters. The Kier molecular flexibility index (Phi) is 5.32. The molecule has 0 radical (unpaired) electrons. The van der Waals surface area contributed by atoms with Gasteiger partial charge in [-0.3, -0.25) is 0 Å². The first-order chi connectivity index (χ1) is 9.76. The lowest BCUT2D eigenvalue weighted by Crippen LogP contribution is -2.46. The second-order valence-electron chi connectivity index (χ2n) is 8.62. The van der Waals surface area contributed by atoms with Crippen LogP contribution >= 0.6 is 0 Å². The quantitative estimate of drug-likeness (QED) is 0.722. The number of rotatable bonds is 4. The Bertz CT molecular complexity index is 436. The lowest BCUT2D eigenvalue weighted by molar-refractivity contribution is 0.258. The van der Waals surface area contributed by atoms with Crippen molar-refractivity contribution in [3.63, 3.8) is 0 Å². The highest BCUT2D eigenvalue weighted by molar-refractivity contribution is 6.77. The molecule has 1 aromatic carbocycles. The molecule has 118 valence electrons. The van der Waals surface area contributed by atoms with E-state index >= 15 is 0 Å². The lowest BCUT2D eigenvalue weighted by Gasteiger charge is -2.34. The van der Waals surface area contributed by atoms with E-state index in [1.54, 1.807) is 0 Å². The maximum Gasteiger partial charge on any atom is 0.0672 e. The molecular formula is C19H33NSi. The van der Waals surface area contributed by atoms with E-state index < -0.39 is 8.07 Å². The molecule has 0 N–H and O–H groups in total. The molecule has 1 nitrogen and oxygen atoms in total. The van der Waals surface area contributed by atoms with Crippen LogP contribution in [0.25, 0.3) is 0 Å².